The molecule has 1 aromatic rings. The number of rotatable bonds is 9. The second-order valence-electron chi connectivity index (χ2n) is 5.15. The number of ether oxygens (including phenoxy) is 1. The van der Waals surface area contributed by atoms with Gasteiger partial charge < -0.3 is 14.9 Å². The molecule has 9 heteroatoms. The number of aliphatic hydroxyl groups excluding tert-OH is 1. The summed E-state index contributed by atoms with van der Waals surface area (Å²) in [6, 6.07) is 2.51. The van der Waals surface area contributed by atoms with Crippen molar-refractivity contribution >= 4 is 33.2 Å². The van der Waals surface area contributed by atoms with Crippen molar-refractivity contribution in [2.45, 2.75) is 36.7 Å². The zero-order chi connectivity index (χ0) is 17.7. The van der Waals surface area contributed by atoms with E-state index in [2.05, 4.69) is 4.72 Å². The van der Waals surface area contributed by atoms with Crippen molar-refractivity contribution in [2.24, 2.45) is 0 Å². The average molecular weight is 386 g/mol. The number of aliphatic hydroxyl groups is 2. The molecule has 0 amide bonds. The molecule has 23 heavy (non-hydrogen) atoms. The smallest absolute Gasteiger partial charge is 0.242 e. The Hall–Kier alpha value is -0.570. The summed E-state index contributed by atoms with van der Waals surface area (Å²) in [5, 5.41) is 19.3. The minimum atomic E-state index is -3.95. The number of halogens is 2. The third-order valence-electron chi connectivity index (χ3n) is 3.55. The first kappa shape index (κ1) is 20.5. The van der Waals surface area contributed by atoms with Crippen LogP contribution in [0.4, 0.5) is 0 Å². The van der Waals surface area contributed by atoms with Crippen LogP contribution >= 0.6 is 23.2 Å². The first-order valence-corrected chi connectivity index (χ1v) is 9.29. The van der Waals surface area contributed by atoms with Crippen LogP contribution in [0.25, 0.3) is 0 Å². The molecule has 0 aromatic heterocycles. The van der Waals surface area contributed by atoms with Crippen molar-refractivity contribution in [1.29, 1.82) is 0 Å². The van der Waals surface area contributed by atoms with Crippen LogP contribution in [0.5, 0.6) is 5.75 Å². The Morgan fingerprint density at radius 1 is 1.30 bits per heavy atom. The summed E-state index contributed by atoms with van der Waals surface area (Å²) in [4.78, 5) is -0.189. The van der Waals surface area contributed by atoms with Gasteiger partial charge in [-0.15, -0.1) is 0 Å². The highest BCUT2D eigenvalue weighted by Crippen LogP contribution is 2.33. The van der Waals surface area contributed by atoms with Gasteiger partial charge in [0.2, 0.25) is 10.0 Å². The van der Waals surface area contributed by atoms with Gasteiger partial charge in [-0.25, -0.2) is 13.1 Å². The van der Waals surface area contributed by atoms with E-state index in [0.29, 0.717) is 12.8 Å². The summed E-state index contributed by atoms with van der Waals surface area (Å²) in [5.41, 5.74) is -1.24. The fourth-order valence-corrected chi connectivity index (χ4v) is 3.94. The molecule has 6 nitrogen and oxygen atoms in total. The average Bonchev–Trinajstić information content (AvgIpc) is 2.52. The Kier molecular flexibility index (Phi) is 7.57. The summed E-state index contributed by atoms with van der Waals surface area (Å²) >= 11 is 11.9. The molecule has 0 aliphatic rings. The van der Waals surface area contributed by atoms with E-state index < -0.39 is 15.6 Å². The van der Waals surface area contributed by atoms with Crippen molar-refractivity contribution < 1.29 is 23.4 Å². The lowest BCUT2D eigenvalue weighted by Gasteiger charge is -2.27. The molecule has 1 atom stereocenters. The van der Waals surface area contributed by atoms with E-state index in [0.717, 1.165) is 0 Å². The Morgan fingerprint density at radius 3 is 2.48 bits per heavy atom. The molecule has 132 valence electrons. The maximum Gasteiger partial charge on any atom is 0.242 e. The van der Waals surface area contributed by atoms with Crippen LogP contribution in [0.2, 0.25) is 10.0 Å². The molecule has 3 N–H and O–H groups in total. The summed E-state index contributed by atoms with van der Waals surface area (Å²) in [5.74, 6) is 0.267. The van der Waals surface area contributed by atoms with Gasteiger partial charge in [-0.2, -0.15) is 0 Å². The maximum absolute atomic E-state index is 12.4. The second kappa shape index (κ2) is 8.50. The van der Waals surface area contributed by atoms with Crippen LogP contribution in [0, 0.1) is 0 Å². The highest BCUT2D eigenvalue weighted by molar-refractivity contribution is 7.89. The fraction of sp³-hybridized carbons (Fsp3) is 0.571. The highest BCUT2D eigenvalue weighted by Gasteiger charge is 2.28. The zero-order valence-electron chi connectivity index (χ0n) is 13.0. The predicted molar refractivity (Wildman–Crippen MR) is 89.8 cm³/mol. The van der Waals surface area contributed by atoms with Crippen LogP contribution < -0.4 is 9.46 Å². The lowest BCUT2D eigenvalue weighted by molar-refractivity contribution is 0.0264. The third kappa shape index (κ3) is 5.48. The predicted octanol–water partition coefficient (Wildman–Crippen LogP) is 2.19. The van der Waals surface area contributed by atoms with Gasteiger partial charge in [-0.1, -0.05) is 30.1 Å². The van der Waals surface area contributed by atoms with Crippen molar-refractivity contribution in [3.05, 3.63) is 22.2 Å². The SMILES string of the molecule is CCC(O)(CCCO)CNS(=O)(=O)c1cc(Cl)c(OC)cc1Cl. The molecule has 0 spiro atoms. The lowest BCUT2D eigenvalue weighted by Crippen LogP contribution is -2.42. The van der Waals surface area contributed by atoms with Gasteiger partial charge in [0.25, 0.3) is 0 Å². The molecule has 0 aliphatic carbocycles. The Balaban J connectivity index is 2.98. The minimum absolute atomic E-state index is 0.0332. The number of hydrogen-bond donors (Lipinski definition) is 3. The van der Waals surface area contributed by atoms with Crippen molar-refractivity contribution in [2.75, 3.05) is 20.3 Å². The third-order valence-corrected chi connectivity index (χ3v) is 5.71. The normalized spacial score (nSPS) is 14.5. The molecule has 0 radical (unpaired) electrons. The number of hydrogen-bond acceptors (Lipinski definition) is 5. The van der Waals surface area contributed by atoms with Gasteiger partial charge in [0.05, 0.1) is 22.8 Å². The number of methoxy groups -OCH3 is 1. The zero-order valence-corrected chi connectivity index (χ0v) is 15.3. The molecule has 0 saturated carbocycles. The summed E-state index contributed by atoms with van der Waals surface area (Å²) < 4.78 is 32.1. The lowest BCUT2D eigenvalue weighted by atomic mass is 9.95. The van der Waals surface area contributed by atoms with Gasteiger partial charge in [0.1, 0.15) is 10.6 Å². The molecule has 1 rings (SSSR count). The Morgan fingerprint density at radius 2 is 1.96 bits per heavy atom. The van der Waals surface area contributed by atoms with Crippen molar-refractivity contribution in [3.63, 3.8) is 0 Å². The van der Waals surface area contributed by atoms with Gasteiger partial charge in [0, 0.05) is 19.2 Å². The van der Waals surface area contributed by atoms with E-state index in [1.165, 1.54) is 19.2 Å². The van der Waals surface area contributed by atoms with E-state index in [1.54, 1.807) is 6.92 Å². The number of benzene rings is 1. The largest absolute Gasteiger partial charge is 0.495 e. The van der Waals surface area contributed by atoms with Gasteiger partial charge >= 0.3 is 0 Å². The highest BCUT2D eigenvalue weighted by atomic mass is 35.5. The van der Waals surface area contributed by atoms with Crippen LogP contribution in [0.15, 0.2) is 17.0 Å². The van der Waals surface area contributed by atoms with E-state index in [-0.39, 0.29) is 40.3 Å². The molecular weight excluding hydrogens is 365 g/mol. The second-order valence-corrected chi connectivity index (χ2v) is 7.70. The Bertz CT molecular complexity index is 638. The molecule has 1 unspecified atom stereocenters. The van der Waals surface area contributed by atoms with Gasteiger partial charge in [-0.3, -0.25) is 0 Å². The summed E-state index contributed by atoms with van der Waals surface area (Å²) in [6.45, 7) is 1.48. The van der Waals surface area contributed by atoms with Gasteiger partial charge in [-0.05, 0) is 25.3 Å². The summed E-state index contributed by atoms with van der Waals surface area (Å²) in [7, 11) is -2.56. The number of sulfonamides is 1. The topological polar surface area (TPSA) is 95.9 Å². The number of nitrogens with one attached hydrogen (secondary N) is 1. The van der Waals surface area contributed by atoms with Crippen molar-refractivity contribution in [1.82, 2.24) is 4.72 Å². The van der Waals surface area contributed by atoms with E-state index >= 15 is 0 Å². The Labute approximate surface area is 146 Å². The molecule has 1 aromatic carbocycles. The first-order chi connectivity index (χ1) is 10.7. The van der Waals surface area contributed by atoms with E-state index in [9.17, 15) is 13.5 Å². The van der Waals surface area contributed by atoms with E-state index in [1.807, 2.05) is 0 Å². The fourth-order valence-electron chi connectivity index (χ4n) is 1.98. The molecule has 0 fully saturated rings. The maximum atomic E-state index is 12.4. The van der Waals surface area contributed by atoms with Crippen LogP contribution in [-0.4, -0.2) is 44.5 Å². The molecular formula is C14H21Cl2NO5S. The van der Waals surface area contributed by atoms with Gasteiger partial charge in [0.15, 0.2) is 0 Å². The quantitative estimate of drug-likeness (QED) is 0.605. The van der Waals surface area contributed by atoms with Crippen molar-refractivity contribution in [3.8, 4) is 5.75 Å². The standard InChI is InChI=1S/C14H21Cl2NO5S/c1-3-14(19,5-4-6-18)9-17-23(20,21)13-8-10(15)12(22-2)7-11(13)16/h7-8,17-19H,3-6,9H2,1-2H3. The monoisotopic (exact) mass is 385 g/mol. The van der Waals surface area contributed by atoms with E-state index in [4.69, 9.17) is 33.0 Å². The van der Waals surface area contributed by atoms with Crippen LogP contribution in [-0.2, 0) is 10.0 Å². The minimum Gasteiger partial charge on any atom is -0.495 e. The molecule has 0 saturated heterocycles. The summed E-state index contributed by atoms with van der Waals surface area (Å²) in [6.07, 6.45) is 0.993. The molecule has 0 aliphatic heterocycles. The molecule has 0 heterocycles. The van der Waals surface area contributed by atoms with Crippen LogP contribution in [0.3, 0.4) is 0 Å². The molecule has 0 bridgehead atoms. The van der Waals surface area contributed by atoms with Crippen LogP contribution in [0.1, 0.15) is 26.2 Å². The first-order valence-electron chi connectivity index (χ1n) is 7.05.